The molecular weight excluding hydrogens is 278 g/mol. The van der Waals surface area contributed by atoms with Crippen LogP contribution in [0.1, 0.15) is 18.4 Å². The third-order valence-corrected chi connectivity index (χ3v) is 2.57. The van der Waals surface area contributed by atoms with Crippen molar-refractivity contribution in [1.29, 1.82) is 0 Å². The highest BCUT2D eigenvalue weighted by Crippen LogP contribution is 2.24. The number of rotatable bonds is 8. The molecule has 0 unspecified atom stereocenters. The second-order valence-electron chi connectivity index (χ2n) is 3.88. The van der Waals surface area contributed by atoms with Crippen LogP contribution in [-0.4, -0.2) is 19.1 Å². The van der Waals surface area contributed by atoms with Gasteiger partial charge in [-0.15, -0.1) is 0 Å². The summed E-state index contributed by atoms with van der Waals surface area (Å²) >= 11 is 5.80. The maximum absolute atomic E-state index is 12.2. The summed E-state index contributed by atoms with van der Waals surface area (Å²) in [5.41, 5.74) is 5.53. The molecule has 0 radical (unpaired) electrons. The van der Waals surface area contributed by atoms with Crippen LogP contribution in [0.2, 0.25) is 5.02 Å². The van der Waals surface area contributed by atoms with Gasteiger partial charge in [0.05, 0.1) is 0 Å². The van der Waals surface area contributed by atoms with Crippen LogP contribution in [0.3, 0.4) is 0 Å². The number of halogens is 3. The standard InChI is InChI=1S/C12H15ClF2N2O2/c13-9-3-4-10(19-12(14)15)8(6-9)7-17-5-1-2-11(16)18/h3-4,6,12,17H,1-2,5,7H2,(H2,16,18). The molecule has 0 spiro atoms. The molecular formula is C12H15ClF2N2O2. The lowest BCUT2D eigenvalue weighted by Gasteiger charge is -2.11. The molecule has 0 aliphatic rings. The Hall–Kier alpha value is -1.40. The molecule has 1 rings (SSSR count). The van der Waals surface area contributed by atoms with Crippen molar-refractivity contribution in [2.24, 2.45) is 5.73 Å². The second kappa shape index (κ2) is 7.91. The minimum atomic E-state index is -2.88. The molecule has 106 valence electrons. The third-order valence-electron chi connectivity index (χ3n) is 2.33. The third kappa shape index (κ3) is 6.35. The summed E-state index contributed by atoms with van der Waals surface area (Å²) in [4.78, 5) is 10.5. The summed E-state index contributed by atoms with van der Waals surface area (Å²) in [5, 5.41) is 3.45. The Morgan fingerprint density at radius 1 is 1.47 bits per heavy atom. The molecule has 7 heteroatoms. The molecule has 0 heterocycles. The van der Waals surface area contributed by atoms with Crippen molar-refractivity contribution in [2.75, 3.05) is 6.54 Å². The Balaban J connectivity index is 2.51. The first-order valence-electron chi connectivity index (χ1n) is 5.71. The first-order chi connectivity index (χ1) is 8.99. The average molecular weight is 293 g/mol. The topological polar surface area (TPSA) is 64.4 Å². The molecule has 19 heavy (non-hydrogen) atoms. The normalized spacial score (nSPS) is 10.7. The zero-order valence-electron chi connectivity index (χ0n) is 10.2. The fourth-order valence-electron chi connectivity index (χ4n) is 1.51. The molecule has 1 aromatic rings. The SMILES string of the molecule is NC(=O)CCCNCc1cc(Cl)ccc1OC(F)F. The summed E-state index contributed by atoms with van der Waals surface area (Å²) in [7, 11) is 0. The number of amides is 1. The van der Waals surface area contributed by atoms with Gasteiger partial charge in [-0.1, -0.05) is 11.6 Å². The van der Waals surface area contributed by atoms with Crippen molar-refractivity contribution in [3.8, 4) is 5.75 Å². The highest BCUT2D eigenvalue weighted by molar-refractivity contribution is 6.30. The number of nitrogens with two attached hydrogens (primary N) is 1. The lowest BCUT2D eigenvalue weighted by Crippen LogP contribution is -2.18. The minimum absolute atomic E-state index is 0.0850. The number of benzene rings is 1. The predicted octanol–water partition coefficient (Wildman–Crippen LogP) is 2.30. The molecule has 1 aromatic carbocycles. The van der Waals surface area contributed by atoms with E-state index in [2.05, 4.69) is 10.1 Å². The van der Waals surface area contributed by atoms with Gasteiger partial charge < -0.3 is 15.8 Å². The lowest BCUT2D eigenvalue weighted by atomic mass is 10.2. The van der Waals surface area contributed by atoms with Gasteiger partial charge in [0, 0.05) is 23.6 Å². The Morgan fingerprint density at radius 2 is 2.21 bits per heavy atom. The van der Waals surface area contributed by atoms with E-state index in [4.69, 9.17) is 17.3 Å². The van der Waals surface area contributed by atoms with Crippen molar-refractivity contribution in [3.05, 3.63) is 28.8 Å². The summed E-state index contributed by atoms with van der Waals surface area (Å²) in [6, 6.07) is 4.44. The molecule has 3 N–H and O–H groups in total. The van der Waals surface area contributed by atoms with Crippen molar-refractivity contribution in [1.82, 2.24) is 5.32 Å². The number of carbonyl (C=O) groups excluding carboxylic acids is 1. The molecule has 1 amide bonds. The van der Waals surface area contributed by atoms with Crippen molar-refractivity contribution in [2.45, 2.75) is 26.0 Å². The van der Waals surface area contributed by atoms with Gasteiger partial charge >= 0.3 is 6.61 Å². The van der Waals surface area contributed by atoms with Gasteiger partial charge in [-0.05, 0) is 31.2 Å². The van der Waals surface area contributed by atoms with Crippen molar-refractivity contribution < 1.29 is 18.3 Å². The number of carbonyl (C=O) groups is 1. The zero-order chi connectivity index (χ0) is 14.3. The summed E-state index contributed by atoms with van der Waals surface area (Å²) in [6.07, 6.45) is 0.865. The summed E-state index contributed by atoms with van der Waals surface area (Å²) < 4.78 is 28.8. The van der Waals surface area contributed by atoms with E-state index in [-0.39, 0.29) is 18.1 Å². The number of hydrogen-bond acceptors (Lipinski definition) is 3. The number of ether oxygens (including phenoxy) is 1. The molecule has 0 fully saturated rings. The second-order valence-corrected chi connectivity index (χ2v) is 4.31. The van der Waals surface area contributed by atoms with Gasteiger partial charge in [0.25, 0.3) is 0 Å². The van der Waals surface area contributed by atoms with Crippen molar-refractivity contribution in [3.63, 3.8) is 0 Å². The number of hydrogen-bond donors (Lipinski definition) is 2. The monoisotopic (exact) mass is 292 g/mol. The maximum Gasteiger partial charge on any atom is 0.387 e. The molecule has 0 aromatic heterocycles. The van der Waals surface area contributed by atoms with Crippen LogP contribution < -0.4 is 15.8 Å². The van der Waals surface area contributed by atoms with Gasteiger partial charge in [-0.2, -0.15) is 8.78 Å². The van der Waals surface area contributed by atoms with Gasteiger partial charge in [0.1, 0.15) is 5.75 Å². The fraction of sp³-hybridized carbons (Fsp3) is 0.417. The van der Waals surface area contributed by atoms with Gasteiger partial charge in [0.2, 0.25) is 5.91 Å². The quantitative estimate of drug-likeness (QED) is 0.723. The molecule has 4 nitrogen and oxygen atoms in total. The molecule has 0 saturated heterocycles. The van der Waals surface area contributed by atoms with E-state index in [9.17, 15) is 13.6 Å². The van der Waals surface area contributed by atoms with Crippen molar-refractivity contribution >= 4 is 17.5 Å². The van der Waals surface area contributed by atoms with Crippen LogP contribution in [0.15, 0.2) is 18.2 Å². The van der Waals surface area contributed by atoms with Crippen LogP contribution in [0.4, 0.5) is 8.78 Å². The number of alkyl halides is 2. The van der Waals surface area contributed by atoms with E-state index in [0.717, 1.165) is 0 Å². The minimum Gasteiger partial charge on any atom is -0.434 e. The van der Waals surface area contributed by atoms with E-state index in [1.54, 1.807) is 6.07 Å². The molecule has 0 aliphatic heterocycles. The fourth-order valence-corrected chi connectivity index (χ4v) is 1.70. The molecule has 0 atom stereocenters. The molecule has 0 saturated carbocycles. The Morgan fingerprint density at radius 3 is 2.84 bits per heavy atom. The Bertz CT molecular complexity index is 430. The lowest BCUT2D eigenvalue weighted by molar-refractivity contribution is -0.118. The van der Waals surface area contributed by atoms with Crippen LogP contribution in [0.25, 0.3) is 0 Å². The van der Waals surface area contributed by atoms with Crippen LogP contribution in [-0.2, 0) is 11.3 Å². The summed E-state index contributed by atoms with van der Waals surface area (Å²) in [5.74, 6) is -0.284. The zero-order valence-corrected chi connectivity index (χ0v) is 10.9. The smallest absolute Gasteiger partial charge is 0.387 e. The molecule has 0 aliphatic carbocycles. The first kappa shape index (κ1) is 15.7. The highest BCUT2D eigenvalue weighted by atomic mass is 35.5. The van der Waals surface area contributed by atoms with E-state index in [1.165, 1.54) is 12.1 Å². The maximum atomic E-state index is 12.2. The van der Waals surface area contributed by atoms with Gasteiger partial charge in [-0.3, -0.25) is 4.79 Å². The molecule has 0 bridgehead atoms. The van der Waals surface area contributed by atoms with Crippen LogP contribution >= 0.6 is 11.6 Å². The summed E-state index contributed by atoms with van der Waals surface area (Å²) in [6.45, 7) is -2.01. The van der Waals surface area contributed by atoms with Gasteiger partial charge in [-0.25, -0.2) is 0 Å². The van der Waals surface area contributed by atoms with E-state index in [1.807, 2.05) is 0 Å². The first-order valence-corrected chi connectivity index (χ1v) is 6.09. The van der Waals surface area contributed by atoms with Gasteiger partial charge in [0.15, 0.2) is 0 Å². The number of primary amides is 1. The predicted molar refractivity (Wildman–Crippen MR) is 68.2 cm³/mol. The van der Waals surface area contributed by atoms with E-state index >= 15 is 0 Å². The van der Waals surface area contributed by atoms with E-state index in [0.29, 0.717) is 30.1 Å². The van der Waals surface area contributed by atoms with Crippen LogP contribution in [0.5, 0.6) is 5.75 Å². The number of nitrogens with one attached hydrogen (secondary N) is 1. The Kier molecular flexibility index (Phi) is 6.52. The average Bonchev–Trinajstić information content (AvgIpc) is 2.31. The highest BCUT2D eigenvalue weighted by Gasteiger charge is 2.10. The van der Waals surface area contributed by atoms with Crippen LogP contribution in [0, 0.1) is 0 Å². The Labute approximate surface area is 114 Å². The largest absolute Gasteiger partial charge is 0.434 e. The van der Waals surface area contributed by atoms with E-state index < -0.39 is 6.61 Å².